The number of carbonyl (C=O) groups excluding carboxylic acids is 1. The number of nitrogens with one attached hydrogen (secondary N) is 2. The zero-order valence-corrected chi connectivity index (χ0v) is 13.0. The van der Waals surface area contributed by atoms with Gasteiger partial charge < -0.3 is 15.7 Å². The van der Waals surface area contributed by atoms with Crippen LogP contribution in [0.4, 0.5) is 0 Å². The standard InChI is InChI=1S/C14H22N2O3S/c1-9(2)7-16-13(17)4-5-15-8-11-6-12(14(18)19)20-10(11)3/h6,9,15H,4-5,7-8H2,1-3H3,(H,16,17)(H,18,19). The second kappa shape index (κ2) is 8.01. The number of aryl methyl sites for hydroxylation is 1. The first-order valence-electron chi connectivity index (χ1n) is 6.70. The van der Waals surface area contributed by atoms with E-state index in [1.807, 2.05) is 6.92 Å². The molecule has 0 aromatic carbocycles. The SMILES string of the molecule is Cc1sc(C(=O)O)cc1CNCCC(=O)NCC(C)C. The summed E-state index contributed by atoms with van der Waals surface area (Å²) >= 11 is 1.28. The lowest BCUT2D eigenvalue weighted by Crippen LogP contribution is -2.30. The number of carboxylic acids is 1. The Balaban J connectivity index is 2.27. The predicted octanol–water partition coefficient (Wildman–Crippen LogP) is 2.01. The largest absolute Gasteiger partial charge is 0.477 e. The second-order valence-electron chi connectivity index (χ2n) is 5.12. The smallest absolute Gasteiger partial charge is 0.345 e. The third-order valence-corrected chi connectivity index (χ3v) is 3.86. The Kier molecular flexibility index (Phi) is 6.67. The van der Waals surface area contributed by atoms with Gasteiger partial charge in [-0.3, -0.25) is 4.79 Å². The van der Waals surface area contributed by atoms with E-state index in [0.29, 0.717) is 36.9 Å². The van der Waals surface area contributed by atoms with Crippen LogP contribution in [0.5, 0.6) is 0 Å². The summed E-state index contributed by atoms with van der Waals surface area (Å²) in [4.78, 5) is 23.7. The van der Waals surface area contributed by atoms with E-state index in [4.69, 9.17) is 5.11 Å². The molecular formula is C14H22N2O3S. The summed E-state index contributed by atoms with van der Waals surface area (Å²) in [6.07, 6.45) is 0.432. The highest BCUT2D eigenvalue weighted by molar-refractivity contribution is 7.14. The number of carboxylic acid groups (broad SMARTS) is 1. The molecule has 112 valence electrons. The lowest BCUT2D eigenvalue weighted by atomic mass is 10.2. The first-order valence-corrected chi connectivity index (χ1v) is 7.51. The summed E-state index contributed by atoms with van der Waals surface area (Å²) in [6.45, 7) is 7.89. The lowest BCUT2D eigenvalue weighted by molar-refractivity contribution is -0.121. The molecular weight excluding hydrogens is 276 g/mol. The van der Waals surface area contributed by atoms with E-state index in [2.05, 4.69) is 24.5 Å². The molecule has 0 aliphatic carbocycles. The maximum absolute atomic E-state index is 11.5. The van der Waals surface area contributed by atoms with Gasteiger partial charge in [0, 0.05) is 30.9 Å². The van der Waals surface area contributed by atoms with E-state index >= 15 is 0 Å². The molecule has 1 amide bonds. The number of rotatable bonds is 8. The van der Waals surface area contributed by atoms with E-state index in [1.165, 1.54) is 11.3 Å². The van der Waals surface area contributed by atoms with Crippen LogP contribution in [0.25, 0.3) is 0 Å². The fourth-order valence-corrected chi connectivity index (χ4v) is 2.51. The van der Waals surface area contributed by atoms with Gasteiger partial charge in [0.1, 0.15) is 4.88 Å². The number of thiophene rings is 1. The zero-order valence-electron chi connectivity index (χ0n) is 12.2. The molecule has 0 saturated heterocycles. The minimum Gasteiger partial charge on any atom is -0.477 e. The van der Waals surface area contributed by atoms with Crippen LogP contribution in [0.15, 0.2) is 6.07 Å². The van der Waals surface area contributed by atoms with Crippen molar-refractivity contribution in [3.8, 4) is 0 Å². The summed E-state index contributed by atoms with van der Waals surface area (Å²) < 4.78 is 0. The molecule has 5 nitrogen and oxygen atoms in total. The molecule has 1 aromatic rings. The molecule has 0 fully saturated rings. The number of hydrogen-bond donors (Lipinski definition) is 3. The molecule has 0 bridgehead atoms. The van der Waals surface area contributed by atoms with Crippen molar-refractivity contribution in [3.05, 3.63) is 21.4 Å². The van der Waals surface area contributed by atoms with Crippen molar-refractivity contribution in [2.24, 2.45) is 5.92 Å². The molecule has 0 saturated carbocycles. The number of amides is 1. The summed E-state index contributed by atoms with van der Waals surface area (Å²) in [5.41, 5.74) is 0.981. The van der Waals surface area contributed by atoms with E-state index < -0.39 is 5.97 Å². The van der Waals surface area contributed by atoms with Crippen molar-refractivity contribution >= 4 is 23.2 Å². The van der Waals surface area contributed by atoms with Gasteiger partial charge in [0.2, 0.25) is 5.91 Å². The minimum absolute atomic E-state index is 0.0412. The Bertz CT molecular complexity index is 469. The van der Waals surface area contributed by atoms with Crippen molar-refractivity contribution < 1.29 is 14.7 Å². The molecule has 0 unspecified atom stereocenters. The Morgan fingerprint density at radius 3 is 2.65 bits per heavy atom. The highest BCUT2D eigenvalue weighted by atomic mass is 32.1. The predicted molar refractivity (Wildman–Crippen MR) is 80.2 cm³/mol. The van der Waals surface area contributed by atoms with Crippen molar-refractivity contribution in [3.63, 3.8) is 0 Å². The van der Waals surface area contributed by atoms with Crippen LogP contribution in [0.1, 0.15) is 40.4 Å². The normalized spacial score (nSPS) is 10.8. The Hall–Kier alpha value is -1.40. The van der Waals surface area contributed by atoms with Gasteiger partial charge in [0.05, 0.1) is 0 Å². The van der Waals surface area contributed by atoms with Crippen LogP contribution >= 0.6 is 11.3 Å². The number of aromatic carboxylic acids is 1. The highest BCUT2D eigenvalue weighted by Crippen LogP contribution is 2.21. The Morgan fingerprint density at radius 2 is 2.10 bits per heavy atom. The van der Waals surface area contributed by atoms with Crippen molar-refractivity contribution in [1.82, 2.24) is 10.6 Å². The fraction of sp³-hybridized carbons (Fsp3) is 0.571. The summed E-state index contributed by atoms with van der Waals surface area (Å²) in [5, 5.41) is 14.9. The summed E-state index contributed by atoms with van der Waals surface area (Å²) in [7, 11) is 0. The maximum Gasteiger partial charge on any atom is 0.345 e. The number of carbonyl (C=O) groups is 2. The molecule has 20 heavy (non-hydrogen) atoms. The average Bonchev–Trinajstić information content (AvgIpc) is 2.74. The van der Waals surface area contributed by atoms with Crippen LogP contribution in [-0.4, -0.2) is 30.1 Å². The molecule has 0 spiro atoms. The molecule has 1 heterocycles. The van der Waals surface area contributed by atoms with Crippen LogP contribution in [-0.2, 0) is 11.3 Å². The van der Waals surface area contributed by atoms with Crippen molar-refractivity contribution in [2.75, 3.05) is 13.1 Å². The third-order valence-electron chi connectivity index (χ3n) is 2.78. The molecule has 0 aliphatic rings. The molecule has 1 aromatic heterocycles. The zero-order chi connectivity index (χ0) is 15.1. The monoisotopic (exact) mass is 298 g/mol. The van der Waals surface area contributed by atoms with Crippen LogP contribution < -0.4 is 10.6 Å². The summed E-state index contributed by atoms with van der Waals surface area (Å²) in [6, 6.07) is 1.69. The topological polar surface area (TPSA) is 78.4 Å². The van der Waals surface area contributed by atoms with Crippen LogP contribution in [0.2, 0.25) is 0 Å². The van der Waals surface area contributed by atoms with Gasteiger partial charge in [0.25, 0.3) is 0 Å². The molecule has 3 N–H and O–H groups in total. The lowest BCUT2D eigenvalue weighted by Gasteiger charge is -2.08. The van der Waals surface area contributed by atoms with E-state index in [1.54, 1.807) is 6.07 Å². The van der Waals surface area contributed by atoms with Crippen molar-refractivity contribution in [1.29, 1.82) is 0 Å². The van der Waals surface area contributed by atoms with E-state index in [-0.39, 0.29) is 5.91 Å². The van der Waals surface area contributed by atoms with Crippen LogP contribution in [0.3, 0.4) is 0 Å². The van der Waals surface area contributed by atoms with Crippen LogP contribution in [0, 0.1) is 12.8 Å². The minimum atomic E-state index is -0.891. The van der Waals surface area contributed by atoms with Gasteiger partial charge in [-0.05, 0) is 24.5 Å². The van der Waals surface area contributed by atoms with Gasteiger partial charge in [0.15, 0.2) is 0 Å². The average molecular weight is 298 g/mol. The van der Waals surface area contributed by atoms with E-state index in [0.717, 1.165) is 10.4 Å². The molecule has 0 aliphatic heterocycles. The fourth-order valence-electron chi connectivity index (χ4n) is 1.63. The first-order chi connectivity index (χ1) is 9.40. The molecule has 0 radical (unpaired) electrons. The van der Waals surface area contributed by atoms with Crippen molar-refractivity contribution in [2.45, 2.75) is 33.7 Å². The molecule has 0 atom stereocenters. The third kappa shape index (κ3) is 5.71. The Labute approximate surface area is 123 Å². The summed E-state index contributed by atoms with van der Waals surface area (Å²) in [5.74, 6) is -0.397. The van der Waals surface area contributed by atoms with Gasteiger partial charge in [-0.2, -0.15) is 0 Å². The quantitative estimate of drug-likeness (QED) is 0.642. The van der Waals surface area contributed by atoms with Gasteiger partial charge >= 0.3 is 5.97 Å². The van der Waals surface area contributed by atoms with Gasteiger partial charge in [-0.25, -0.2) is 4.79 Å². The first kappa shape index (κ1) is 16.7. The molecule has 6 heteroatoms. The number of hydrogen-bond acceptors (Lipinski definition) is 4. The van der Waals surface area contributed by atoms with E-state index in [9.17, 15) is 9.59 Å². The molecule has 1 rings (SSSR count). The second-order valence-corrected chi connectivity index (χ2v) is 6.38. The maximum atomic E-state index is 11.5. The van der Waals surface area contributed by atoms with Gasteiger partial charge in [-0.15, -0.1) is 11.3 Å². The Morgan fingerprint density at radius 1 is 1.40 bits per heavy atom. The van der Waals surface area contributed by atoms with Gasteiger partial charge in [-0.1, -0.05) is 13.8 Å². The highest BCUT2D eigenvalue weighted by Gasteiger charge is 2.10.